The average molecular weight is 539 g/mol. The fourth-order valence-electron chi connectivity index (χ4n) is 4.41. The normalized spacial score (nSPS) is 14.2. The SMILES string of the molecule is Cc1c(-c2ccc(F)cc2)nnc(N2CCC(N(C)C(=O)c3ccc(OC(F)(F)F)cc3)CC2)c1C.Cl. The van der Waals surface area contributed by atoms with Gasteiger partial charge >= 0.3 is 6.36 Å². The number of anilines is 1. The highest BCUT2D eigenvalue weighted by Gasteiger charge is 2.31. The van der Waals surface area contributed by atoms with Crippen molar-refractivity contribution in [2.24, 2.45) is 0 Å². The Kier molecular flexibility index (Phi) is 8.63. The van der Waals surface area contributed by atoms with Gasteiger partial charge in [0.15, 0.2) is 5.82 Å². The van der Waals surface area contributed by atoms with Gasteiger partial charge in [-0.15, -0.1) is 35.8 Å². The Balaban J connectivity index is 0.00000380. The first kappa shape index (κ1) is 28.2. The predicted octanol–water partition coefficient (Wildman–Crippen LogP) is 5.96. The number of hydrogen-bond donors (Lipinski definition) is 0. The summed E-state index contributed by atoms with van der Waals surface area (Å²) >= 11 is 0. The second-order valence-electron chi connectivity index (χ2n) is 8.84. The maximum absolute atomic E-state index is 13.3. The highest BCUT2D eigenvalue weighted by Crippen LogP contribution is 2.30. The van der Waals surface area contributed by atoms with Crippen LogP contribution in [0, 0.1) is 19.7 Å². The van der Waals surface area contributed by atoms with Crippen LogP contribution in [-0.2, 0) is 0 Å². The number of piperidine rings is 1. The number of aromatic nitrogens is 2. The Bertz CT molecular complexity index is 1230. The van der Waals surface area contributed by atoms with Crippen LogP contribution in [0.1, 0.15) is 34.3 Å². The average Bonchev–Trinajstić information content (AvgIpc) is 2.85. The van der Waals surface area contributed by atoms with Crippen LogP contribution in [0.15, 0.2) is 48.5 Å². The molecule has 0 bridgehead atoms. The maximum atomic E-state index is 13.3. The molecule has 37 heavy (non-hydrogen) atoms. The van der Waals surface area contributed by atoms with E-state index in [0.29, 0.717) is 37.2 Å². The molecule has 2 heterocycles. The van der Waals surface area contributed by atoms with Gasteiger partial charge in [-0.3, -0.25) is 4.79 Å². The highest BCUT2D eigenvalue weighted by molar-refractivity contribution is 5.94. The molecule has 6 nitrogen and oxygen atoms in total. The summed E-state index contributed by atoms with van der Waals surface area (Å²) in [7, 11) is 1.70. The molecule has 1 aliphatic rings. The lowest BCUT2D eigenvalue weighted by molar-refractivity contribution is -0.274. The van der Waals surface area contributed by atoms with Gasteiger partial charge in [-0.05, 0) is 86.3 Å². The number of benzene rings is 2. The molecule has 11 heteroatoms. The highest BCUT2D eigenvalue weighted by atomic mass is 35.5. The molecule has 198 valence electrons. The molecule has 2 aromatic carbocycles. The van der Waals surface area contributed by atoms with E-state index in [-0.39, 0.29) is 35.9 Å². The summed E-state index contributed by atoms with van der Waals surface area (Å²) in [5, 5.41) is 8.86. The Hall–Kier alpha value is -3.40. The van der Waals surface area contributed by atoms with Crippen LogP contribution >= 0.6 is 12.4 Å². The fraction of sp³-hybridized carbons (Fsp3) is 0.346. The topological polar surface area (TPSA) is 58.6 Å². The summed E-state index contributed by atoms with van der Waals surface area (Å²) in [6.07, 6.45) is -3.37. The molecule has 0 radical (unpaired) electrons. The van der Waals surface area contributed by atoms with Crippen molar-refractivity contribution < 1.29 is 27.1 Å². The van der Waals surface area contributed by atoms with Gasteiger partial charge in [0.25, 0.3) is 5.91 Å². The van der Waals surface area contributed by atoms with E-state index in [4.69, 9.17) is 0 Å². The molecule has 3 aromatic rings. The van der Waals surface area contributed by atoms with E-state index in [1.165, 1.54) is 24.3 Å². The first-order chi connectivity index (χ1) is 17.0. The summed E-state index contributed by atoms with van der Waals surface area (Å²) < 4.78 is 54.2. The number of carbonyl (C=O) groups is 1. The lowest BCUT2D eigenvalue weighted by atomic mass is 10.0. The fourth-order valence-corrected chi connectivity index (χ4v) is 4.41. The second kappa shape index (κ2) is 11.3. The summed E-state index contributed by atoms with van der Waals surface area (Å²) in [6.45, 7) is 5.30. The van der Waals surface area contributed by atoms with Crippen LogP contribution in [0.4, 0.5) is 23.4 Å². The third-order valence-electron chi connectivity index (χ3n) is 6.58. The zero-order valence-electron chi connectivity index (χ0n) is 20.6. The molecular weight excluding hydrogens is 512 g/mol. The summed E-state index contributed by atoms with van der Waals surface area (Å²) in [5.41, 5.74) is 3.77. The molecule has 1 aliphatic heterocycles. The zero-order chi connectivity index (χ0) is 26.0. The summed E-state index contributed by atoms with van der Waals surface area (Å²) in [5.74, 6) is -0.155. The number of rotatable bonds is 5. The first-order valence-electron chi connectivity index (χ1n) is 11.5. The number of ether oxygens (including phenoxy) is 1. The molecule has 1 aromatic heterocycles. The van der Waals surface area contributed by atoms with E-state index >= 15 is 0 Å². The van der Waals surface area contributed by atoms with Crippen molar-refractivity contribution in [3.63, 3.8) is 0 Å². The van der Waals surface area contributed by atoms with Gasteiger partial charge in [-0.1, -0.05) is 0 Å². The van der Waals surface area contributed by atoms with Gasteiger partial charge in [0, 0.05) is 37.3 Å². The summed E-state index contributed by atoms with van der Waals surface area (Å²) in [6, 6.07) is 11.1. The Morgan fingerprint density at radius 3 is 2.14 bits per heavy atom. The number of amides is 1. The molecule has 0 N–H and O–H groups in total. The lowest BCUT2D eigenvalue weighted by Gasteiger charge is -2.37. The van der Waals surface area contributed by atoms with Crippen LogP contribution in [0.25, 0.3) is 11.3 Å². The third kappa shape index (κ3) is 6.49. The zero-order valence-corrected chi connectivity index (χ0v) is 21.4. The quantitative estimate of drug-likeness (QED) is 0.375. The molecule has 0 saturated carbocycles. The number of hydrogen-bond acceptors (Lipinski definition) is 5. The van der Waals surface area contributed by atoms with Gasteiger partial charge in [-0.25, -0.2) is 4.39 Å². The van der Waals surface area contributed by atoms with E-state index < -0.39 is 6.36 Å². The van der Waals surface area contributed by atoms with Gasteiger partial charge in [-0.2, -0.15) is 0 Å². The third-order valence-corrected chi connectivity index (χ3v) is 6.58. The van der Waals surface area contributed by atoms with Crippen LogP contribution in [0.2, 0.25) is 0 Å². The minimum absolute atomic E-state index is 0. The molecule has 0 unspecified atom stereocenters. The van der Waals surface area contributed by atoms with Crippen LogP contribution in [0.3, 0.4) is 0 Å². The summed E-state index contributed by atoms with van der Waals surface area (Å²) in [4.78, 5) is 16.7. The molecule has 4 rings (SSSR count). The van der Waals surface area contributed by atoms with Crippen molar-refractivity contribution in [2.75, 3.05) is 25.0 Å². The van der Waals surface area contributed by atoms with Crippen molar-refractivity contribution in [1.82, 2.24) is 15.1 Å². The van der Waals surface area contributed by atoms with E-state index in [1.54, 1.807) is 24.1 Å². The Labute approximate surface area is 218 Å². The molecule has 1 amide bonds. The number of alkyl halides is 3. The lowest BCUT2D eigenvalue weighted by Crippen LogP contribution is -2.46. The predicted molar refractivity (Wildman–Crippen MR) is 135 cm³/mol. The van der Waals surface area contributed by atoms with E-state index in [9.17, 15) is 22.4 Å². The van der Waals surface area contributed by atoms with Gasteiger partial charge in [0.2, 0.25) is 0 Å². The molecule has 0 atom stereocenters. The molecule has 1 saturated heterocycles. The van der Waals surface area contributed by atoms with Crippen molar-refractivity contribution in [3.05, 3.63) is 71.0 Å². The number of halogens is 5. The van der Waals surface area contributed by atoms with Gasteiger partial charge in [0.1, 0.15) is 11.6 Å². The van der Waals surface area contributed by atoms with E-state index in [0.717, 1.165) is 34.6 Å². The molecular formula is C26H27ClF4N4O2. The number of carbonyl (C=O) groups excluding carboxylic acids is 1. The molecule has 0 spiro atoms. The maximum Gasteiger partial charge on any atom is 0.573 e. The van der Waals surface area contributed by atoms with Crippen molar-refractivity contribution in [1.29, 1.82) is 0 Å². The van der Waals surface area contributed by atoms with Crippen molar-refractivity contribution in [2.45, 2.75) is 39.1 Å². The molecule has 0 aliphatic carbocycles. The minimum Gasteiger partial charge on any atom is -0.406 e. The molecule has 1 fully saturated rings. The largest absolute Gasteiger partial charge is 0.573 e. The van der Waals surface area contributed by atoms with Crippen molar-refractivity contribution >= 4 is 24.1 Å². The second-order valence-corrected chi connectivity index (χ2v) is 8.84. The van der Waals surface area contributed by atoms with E-state index in [2.05, 4.69) is 19.8 Å². The van der Waals surface area contributed by atoms with Gasteiger partial charge < -0.3 is 14.5 Å². The number of nitrogens with zero attached hydrogens (tertiary/aromatic N) is 4. The minimum atomic E-state index is -4.78. The van der Waals surface area contributed by atoms with Gasteiger partial charge in [0.05, 0.1) is 5.69 Å². The smallest absolute Gasteiger partial charge is 0.406 e. The van der Waals surface area contributed by atoms with Crippen molar-refractivity contribution in [3.8, 4) is 17.0 Å². The van der Waals surface area contributed by atoms with Crippen LogP contribution in [0.5, 0.6) is 5.75 Å². The van der Waals surface area contributed by atoms with Crippen LogP contribution < -0.4 is 9.64 Å². The Morgan fingerprint density at radius 2 is 1.57 bits per heavy atom. The Morgan fingerprint density at radius 1 is 0.973 bits per heavy atom. The first-order valence-corrected chi connectivity index (χ1v) is 11.5. The van der Waals surface area contributed by atoms with Crippen LogP contribution in [-0.4, -0.2) is 53.5 Å². The van der Waals surface area contributed by atoms with E-state index in [1.807, 2.05) is 13.8 Å². The standard InChI is InChI=1S/C26H26F4N4O2.ClH/c1-16-17(2)24(32-31-23(16)18-4-8-20(27)9-5-18)34-14-12-21(13-15-34)33(3)25(35)19-6-10-22(11-7-19)36-26(28,29)30;/h4-11,21H,12-15H2,1-3H3;1H. The monoisotopic (exact) mass is 538 g/mol.